The fourth-order valence-corrected chi connectivity index (χ4v) is 1.51. The molecule has 1 rings (SSSR count). The lowest BCUT2D eigenvalue weighted by Gasteiger charge is -2.04. The first-order valence-corrected chi connectivity index (χ1v) is 5.73. The third kappa shape index (κ3) is 4.99. The molecule has 0 unspecified atom stereocenters. The van der Waals surface area contributed by atoms with Crippen molar-refractivity contribution in [1.29, 1.82) is 0 Å². The van der Waals surface area contributed by atoms with E-state index in [-0.39, 0.29) is 12.2 Å². The molecular weight excluding hydrogens is 238 g/mol. The van der Waals surface area contributed by atoms with Crippen LogP contribution in [0.3, 0.4) is 0 Å². The van der Waals surface area contributed by atoms with Gasteiger partial charge in [-0.3, -0.25) is 4.79 Å². The largest absolute Gasteiger partial charge is 0.469 e. The van der Waals surface area contributed by atoms with Gasteiger partial charge in [-0.2, -0.15) is 0 Å². The molecule has 100 valence electrons. The first-order valence-electron chi connectivity index (χ1n) is 5.73. The summed E-state index contributed by atoms with van der Waals surface area (Å²) in [4.78, 5) is 27.4. The summed E-state index contributed by atoms with van der Waals surface area (Å²) in [6.07, 6.45) is 4.91. The van der Waals surface area contributed by atoms with E-state index in [0.29, 0.717) is 0 Å². The molecule has 0 aromatic heterocycles. The molecule has 0 aromatic carbocycles. The van der Waals surface area contributed by atoms with Gasteiger partial charge in [-0.15, -0.1) is 0 Å². The molecule has 0 atom stereocenters. The van der Waals surface area contributed by atoms with Crippen molar-refractivity contribution in [3.63, 3.8) is 0 Å². The van der Waals surface area contributed by atoms with E-state index in [9.17, 15) is 9.59 Å². The Morgan fingerprint density at radius 2 is 1.89 bits per heavy atom. The normalized spacial score (nSPS) is 15.2. The zero-order chi connectivity index (χ0) is 13.4. The highest BCUT2D eigenvalue weighted by Crippen LogP contribution is 2.16. The number of ether oxygens (including phenoxy) is 2. The Balaban J connectivity index is 2.64. The number of hydrogen-bond donors (Lipinski definition) is 0. The van der Waals surface area contributed by atoms with Crippen molar-refractivity contribution in [3.05, 3.63) is 11.8 Å². The van der Waals surface area contributed by atoms with Crippen molar-refractivity contribution < 1.29 is 23.9 Å². The molecule has 6 heteroatoms. The van der Waals surface area contributed by atoms with E-state index in [4.69, 9.17) is 4.84 Å². The number of methoxy groups -OCH3 is 2. The van der Waals surface area contributed by atoms with Gasteiger partial charge < -0.3 is 14.3 Å². The number of carbonyl (C=O) groups is 2. The Morgan fingerprint density at radius 1 is 1.22 bits per heavy atom. The van der Waals surface area contributed by atoms with E-state index in [2.05, 4.69) is 14.6 Å². The fraction of sp³-hybridized carbons (Fsp3) is 0.583. The van der Waals surface area contributed by atoms with Gasteiger partial charge in [0.1, 0.15) is 6.42 Å². The molecule has 0 spiro atoms. The van der Waals surface area contributed by atoms with Crippen LogP contribution in [-0.4, -0.2) is 31.9 Å². The van der Waals surface area contributed by atoms with E-state index in [1.54, 1.807) is 0 Å². The van der Waals surface area contributed by atoms with Crippen molar-refractivity contribution in [2.24, 2.45) is 5.16 Å². The fourth-order valence-electron chi connectivity index (χ4n) is 1.51. The molecule has 1 fully saturated rings. The van der Waals surface area contributed by atoms with Gasteiger partial charge in [0, 0.05) is 0 Å². The summed E-state index contributed by atoms with van der Waals surface area (Å²) in [6, 6.07) is 0. The van der Waals surface area contributed by atoms with E-state index in [1.807, 2.05) is 0 Å². The van der Waals surface area contributed by atoms with Crippen LogP contribution in [0, 0.1) is 0 Å². The molecule has 0 amide bonds. The highest BCUT2D eigenvalue weighted by molar-refractivity contribution is 5.86. The highest BCUT2D eigenvalue weighted by Gasteiger charge is 2.13. The predicted molar refractivity (Wildman–Crippen MR) is 63.7 cm³/mol. The van der Waals surface area contributed by atoms with Gasteiger partial charge in [0.05, 0.1) is 26.0 Å². The Morgan fingerprint density at radius 3 is 2.44 bits per heavy atom. The maximum absolute atomic E-state index is 11.1. The maximum Gasteiger partial charge on any atom is 0.334 e. The lowest BCUT2D eigenvalue weighted by atomic mass is 10.3. The van der Waals surface area contributed by atoms with Gasteiger partial charge in [-0.05, 0) is 25.7 Å². The molecule has 0 bridgehead atoms. The van der Waals surface area contributed by atoms with E-state index >= 15 is 0 Å². The quantitative estimate of drug-likeness (QED) is 0.322. The minimum absolute atomic E-state index is 0.119. The van der Waals surface area contributed by atoms with Crippen molar-refractivity contribution in [1.82, 2.24) is 0 Å². The monoisotopic (exact) mass is 255 g/mol. The van der Waals surface area contributed by atoms with Gasteiger partial charge in [0.2, 0.25) is 0 Å². The standard InChI is InChI=1S/C12H17NO5/c1-16-11(14)7-10(8-12(15)17-2)18-13-9-5-3-4-6-9/h7H,3-6,8H2,1-2H3/b10-7+. The molecule has 0 saturated heterocycles. The summed E-state index contributed by atoms with van der Waals surface area (Å²) in [7, 11) is 2.51. The minimum atomic E-state index is -0.597. The molecule has 0 heterocycles. The van der Waals surface area contributed by atoms with Crippen LogP contribution in [0.5, 0.6) is 0 Å². The lowest BCUT2D eigenvalue weighted by molar-refractivity contribution is -0.140. The second-order valence-electron chi connectivity index (χ2n) is 3.84. The van der Waals surface area contributed by atoms with Crippen LogP contribution in [0.4, 0.5) is 0 Å². The zero-order valence-electron chi connectivity index (χ0n) is 10.6. The Kier molecular flexibility index (Phi) is 5.90. The highest BCUT2D eigenvalue weighted by atomic mass is 16.6. The van der Waals surface area contributed by atoms with Gasteiger partial charge in [0.15, 0.2) is 5.76 Å². The Hall–Kier alpha value is -1.85. The molecule has 1 saturated carbocycles. The average Bonchev–Trinajstić information content (AvgIpc) is 2.88. The minimum Gasteiger partial charge on any atom is -0.469 e. The number of nitrogens with zero attached hydrogens (tertiary/aromatic N) is 1. The van der Waals surface area contributed by atoms with Crippen LogP contribution in [0.25, 0.3) is 0 Å². The van der Waals surface area contributed by atoms with Gasteiger partial charge in [-0.25, -0.2) is 4.79 Å². The summed E-state index contributed by atoms with van der Waals surface area (Å²) in [6.45, 7) is 0. The molecule has 0 radical (unpaired) electrons. The number of oxime groups is 1. The van der Waals surface area contributed by atoms with Crippen LogP contribution >= 0.6 is 0 Å². The smallest absolute Gasteiger partial charge is 0.334 e. The first-order chi connectivity index (χ1) is 8.65. The summed E-state index contributed by atoms with van der Waals surface area (Å²) in [5, 5.41) is 3.93. The van der Waals surface area contributed by atoms with Gasteiger partial charge in [-0.1, -0.05) is 5.16 Å². The summed E-state index contributed by atoms with van der Waals surface area (Å²) in [5.74, 6) is -0.981. The topological polar surface area (TPSA) is 74.2 Å². The van der Waals surface area contributed by atoms with Gasteiger partial charge >= 0.3 is 11.9 Å². The molecule has 1 aliphatic carbocycles. The maximum atomic E-state index is 11.1. The van der Waals surface area contributed by atoms with Crippen LogP contribution < -0.4 is 0 Å². The van der Waals surface area contributed by atoms with Crippen molar-refractivity contribution in [3.8, 4) is 0 Å². The van der Waals surface area contributed by atoms with E-state index in [0.717, 1.165) is 37.5 Å². The van der Waals surface area contributed by atoms with Crippen LogP contribution in [-0.2, 0) is 23.9 Å². The second-order valence-corrected chi connectivity index (χ2v) is 3.84. The van der Waals surface area contributed by atoms with Crippen LogP contribution in [0.1, 0.15) is 32.1 Å². The van der Waals surface area contributed by atoms with Crippen molar-refractivity contribution in [2.45, 2.75) is 32.1 Å². The Labute approximate surface area is 106 Å². The number of esters is 2. The third-order valence-electron chi connectivity index (χ3n) is 2.50. The number of carbonyl (C=O) groups excluding carboxylic acids is 2. The second kappa shape index (κ2) is 7.47. The van der Waals surface area contributed by atoms with Crippen LogP contribution in [0.15, 0.2) is 17.0 Å². The average molecular weight is 255 g/mol. The van der Waals surface area contributed by atoms with E-state index < -0.39 is 11.9 Å². The lowest BCUT2D eigenvalue weighted by Crippen LogP contribution is -2.06. The summed E-state index contributed by atoms with van der Waals surface area (Å²) < 4.78 is 8.98. The summed E-state index contributed by atoms with van der Waals surface area (Å²) >= 11 is 0. The van der Waals surface area contributed by atoms with Crippen molar-refractivity contribution >= 4 is 17.7 Å². The molecule has 18 heavy (non-hydrogen) atoms. The number of hydrogen-bond acceptors (Lipinski definition) is 6. The van der Waals surface area contributed by atoms with E-state index in [1.165, 1.54) is 14.2 Å². The SMILES string of the molecule is COC(=O)/C=C(\CC(=O)OC)ON=C1CCCC1. The molecule has 0 N–H and O–H groups in total. The van der Waals surface area contributed by atoms with Gasteiger partial charge in [0.25, 0.3) is 0 Å². The molecule has 0 aliphatic heterocycles. The van der Waals surface area contributed by atoms with Crippen molar-refractivity contribution in [2.75, 3.05) is 14.2 Å². The predicted octanol–water partition coefficient (Wildman–Crippen LogP) is 1.55. The third-order valence-corrected chi connectivity index (χ3v) is 2.50. The molecule has 6 nitrogen and oxygen atoms in total. The summed E-state index contributed by atoms with van der Waals surface area (Å²) in [5.41, 5.74) is 0.940. The molecule has 0 aromatic rings. The number of rotatable bonds is 5. The Bertz CT molecular complexity index is 365. The molecule has 1 aliphatic rings. The molecular formula is C12H17NO5. The zero-order valence-corrected chi connectivity index (χ0v) is 10.6. The van der Waals surface area contributed by atoms with Crippen LogP contribution in [0.2, 0.25) is 0 Å². The first kappa shape index (κ1) is 14.2.